The number of nitrogens with one attached hydrogen (secondary N) is 1. The minimum absolute atomic E-state index is 0.0119. The summed E-state index contributed by atoms with van der Waals surface area (Å²) >= 11 is 0. The lowest BCUT2D eigenvalue weighted by molar-refractivity contribution is -0.140. The molecule has 1 aliphatic heterocycles. The van der Waals surface area contributed by atoms with E-state index in [1.807, 2.05) is 13.8 Å². The third-order valence-electron chi connectivity index (χ3n) is 3.41. The summed E-state index contributed by atoms with van der Waals surface area (Å²) in [5, 5.41) is 11.7. The van der Waals surface area contributed by atoms with Crippen molar-refractivity contribution in [1.29, 1.82) is 0 Å². The van der Waals surface area contributed by atoms with Gasteiger partial charge in [-0.05, 0) is 19.3 Å². The molecule has 6 nitrogen and oxygen atoms in total. The summed E-state index contributed by atoms with van der Waals surface area (Å²) in [5.74, 6) is -1.15. The van der Waals surface area contributed by atoms with Gasteiger partial charge in [-0.15, -0.1) is 0 Å². The van der Waals surface area contributed by atoms with Gasteiger partial charge in [0.1, 0.15) is 6.04 Å². The number of urea groups is 1. The summed E-state index contributed by atoms with van der Waals surface area (Å²) in [4.78, 5) is 25.0. The average molecular weight is 272 g/mol. The van der Waals surface area contributed by atoms with Gasteiger partial charge in [0.2, 0.25) is 0 Å². The van der Waals surface area contributed by atoms with Crippen LogP contribution in [0.3, 0.4) is 0 Å². The fraction of sp³-hybridized carbons (Fsp3) is 0.846. The van der Waals surface area contributed by atoms with Crippen LogP contribution in [-0.2, 0) is 9.53 Å². The second kappa shape index (κ2) is 6.75. The Bertz CT molecular complexity index is 333. The molecule has 0 aromatic rings. The topological polar surface area (TPSA) is 78.9 Å². The highest BCUT2D eigenvalue weighted by Crippen LogP contribution is 2.15. The Morgan fingerprint density at radius 2 is 2.11 bits per heavy atom. The first kappa shape index (κ1) is 15.8. The number of rotatable bonds is 4. The maximum atomic E-state index is 12.2. The molecule has 0 bridgehead atoms. The number of carbonyl (C=O) groups excluding carboxylic acids is 1. The Morgan fingerprint density at radius 1 is 1.47 bits per heavy atom. The average Bonchev–Trinajstić information content (AvgIpc) is 2.34. The van der Waals surface area contributed by atoms with Crippen molar-refractivity contribution in [3.63, 3.8) is 0 Å². The van der Waals surface area contributed by atoms with E-state index in [9.17, 15) is 9.59 Å². The van der Waals surface area contributed by atoms with Crippen LogP contribution in [0.1, 0.15) is 34.1 Å². The minimum atomic E-state index is -1.00. The monoisotopic (exact) mass is 272 g/mol. The number of hydrogen-bond donors (Lipinski definition) is 2. The van der Waals surface area contributed by atoms with Crippen molar-refractivity contribution in [2.75, 3.05) is 13.2 Å². The SMILES string of the molecule is CCC1COC(C)CN1C(=O)N[C@@H](C(=O)O)C(C)C. The van der Waals surface area contributed by atoms with Crippen LogP contribution in [0.15, 0.2) is 0 Å². The quantitative estimate of drug-likeness (QED) is 0.808. The summed E-state index contributed by atoms with van der Waals surface area (Å²) in [7, 11) is 0. The van der Waals surface area contributed by atoms with Crippen LogP contribution < -0.4 is 5.32 Å². The first-order chi connectivity index (χ1) is 8.86. The predicted molar refractivity (Wildman–Crippen MR) is 71.0 cm³/mol. The predicted octanol–water partition coefficient (Wildman–Crippen LogP) is 1.30. The molecule has 2 N–H and O–H groups in total. The van der Waals surface area contributed by atoms with Gasteiger partial charge in [-0.1, -0.05) is 20.8 Å². The van der Waals surface area contributed by atoms with E-state index in [2.05, 4.69) is 5.32 Å². The van der Waals surface area contributed by atoms with E-state index in [0.717, 1.165) is 6.42 Å². The van der Waals surface area contributed by atoms with Crippen molar-refractivity contribution in [3.8, 4) is 0 Å². The van der Waals surface area contributed by atoms with Gasteiger partial charge in [0, 0.05) is 6.54 Å². The van der Waals surface area contributed by atoms with E-state index < -0.39 is 12.0 Å². The first-order valence-electron chi connectivity index (χ1n) is 6.78. The van der Waals surface area contributed by atoms with Crippen LogP contribution in [-0.4, -0.2) is 53.3 Å². The Balaban J connectivity index is 2.71. The molecular weight excluding hydrogens is 248 g/mol. The van der Waals surface area contributed by atoms with E-state index in [0.29, 0.717) is 13.2 Å². The highest BCUT2D eigenvalue weighted by molar-refractivity contribution is 5.83. The van der Waals surface area contributed by atoms with Crippen LogP contribution in [0.2, 0.25) is 0 Å². The molecule has 1 fully saturated rings. The summed E-state index contributed by atoms with van der Waals surface area (Å²) in [6, 6.07) is -1.16. The third-order valence-corrected chi connectivity index (χ3v) is 3.41. The molecule has 0 radical (unpaired) electrons. The Morgan fingerprint density at radius 3 is 2.58 bits per heavy atom. The van der Waals surface area contributed by atoms with E-state index in [1.165, 1.54) is 0 Å². The van der Waals surface area contributed by atoms with Gasteiger partial charge in [0.25, 0.3) is 0 Å². The lowest BCUT2D eigenvalue weighted by Gasteiger charge is -2.38. The summed E-state index contributed by atoms with van der Waals surface area (Å²) in [6.07, 6.45) is 0.774. The van der Waals surface area contributed by atoms with Crippen LogP contribution in [0.5, 0.6) is 0 Å². The summed E-state index contributed by atoms with van der Waals surface area (Å²) in [5.41, 5.74) is 0. The second-order valence-electron chi connectivity index (χ2n) is 5.37. The molecule has 1 rings (SSSR count). The molecule has 2 amide bonds. The molecule has 2 unspecified atom stereocenters. The summed E-state index contributed by atoms with van der Waals surface area (Å²) in [6.45, 7) is 8.45. The van der Waals surface area contributed by atoms with Gasteiger partial charge in [0.05, 0.1) is 18.8 Å². The van der Waals surface area contributed by atoms with E-state index in [4.69, 9.17) is 9.84 Å². The molecule has 0 aliphatic carbocycles. The van der Waals surface area contributed by atoms with Crippen molar-refractivity contribution in [2.24, 2.45) is 5.92 Å². The van der Waals surface area contributed by atoms with Crippen molar-refractivity contribution in [2.45, 2.75) is 52.3 Å². The Hall–Kier alpha value is -1.30. The largest absolute Gasteiger partial charge is 0.480 e. The first-order valence-corrected chi connectivity index (χ1v) is 6.78. The van der Waals surface area contributed by atoms with Crippen molar-refractivity contribution in [3.05, 3.63) is 0 Å². The zero-order chi connectivity index (χ0) is 14.6. The molecular formula is C13H24N2O4. The zero-order valence-corrected chi connectivity index (χ0v) is 12.0. The van der Waals surface area contributed by atoms with E-state index >= 15 is 0 Å². The fourth-order valence-corrected chi connectivity index (χ4v) is 2.16. The third kappa shape index (κ3) is 4.09. The molecule has 3 atom stereocenters. The lowest BCUT2D eigenvalue weighted by Crippen LogP contribution is -2.57. The van der Waals surface area contributed by atoms with Gasteiger partial charge in [-0.25, -0.2) is 9.59 Å². The van der Waals surface area contributed by atoms with E-state index in [1.54, 1.807) is 18.7 Å². The van der Waals surface area contributed by atoms with Crippen LogP contribution in [0.25, 0.3) is 0 Å². The number of carboxylic acids is 1. The van der Waals surface area contributed by atoms with Crippen LogP contribution >= 0.6 is 0 Å². The van der Waals surface area contributed by atoms with Crippen molar-refractivity contribution < 1.29 is 19.4 Å². The maximum Gasteiger partial charge on any atom is 0.326 e. The van der Waals surface area contributed by atoms with E-state index in [-0.39, 0.29) is 24.1 Å². The van der Waals surface area contributed by atoms with Crippen LogP contribution in [0.4, 0.5) is 4.79 Å². The second-order valence-corrected chi connectivity index (χ2v) is 5.37. The molecule has 1 saturated heterocycles. The lowest BCUT2D eigenvalue weighted by atomic mass is 10.0. The molecule has 0 aromatic carbocycles. The van der Waals surface area contributed by atoms with Gasteiger partial charge in [0.15, 0.2) is 0 Å². The van der Waals surface area contributed by atoms with Gasteiger partial charge < -0.3 is 20.1 Å². The number of hydrogen-bond acceptors (Lipinski definition) is 3. The van der Waals surface area contributed by atoms with Gasteiger partial charge >= 0.3 is 12.0 Å². The number of morpholine rings is 1. The standard InChI is InChI=1S/C13H24N2O4/c1-5-10-7-19-9(4)6-15(10)13(18)14-11(8(2)3)12(16)17/h8-11H,5-7H2,1-4H3,(H,14,18)(H,16,17)/t9?,10?,11-/m1/s1. The number of ether oxygens (including phenoxy) is 1. The molecule has 6 heteroatoms. The molecule has 1 heterocycles. The number of carboxylic acid groups (broad SMARTS) is 1. The highest BCUT2D eigenvalue weighted by Gasteiger charge is 2.32. The molecule has 110 valence electrons. The van der Waals surface area contributed by atoms with Gasteiger partial charge in [-0.3, -0.25) is 0 Å². The Labute approximate surface area is 114 Å². The molecule has 0 spiro atoms. The van der Waals surface area contributed by atoms with Crippen molar-refractivity contribution in [1.82, 2.24) is 10.2 Å². The number of aliphatic carboxylic acids is 1. The maximum absolute atomic E-state index is 12.2. The number of nitrogens with zero attached hydrogens (tertiary/aromatic N) is 1. The van der Waals surface area contributed by atoms with Gasteiger partial charge in [-0.2, -0.15) is 0 Å². The number of amides is 2. The molecule has 0 saturated carbocycles. The fourth-order valence-electron chi connectivity index (χ4n) is 2.16. The normalized spacial score (nSPS) is 25.2. The summed E-state index contributed by atoms with van der Waals surface area (Å²) < 4.78 is 5.52. The minimum Gasteiger partial charge on any atom is -0.480 e. The highest BCUT2D eigenvalue weighted by atomic mass is 16.5. The zero-order valence-electron chi connectivity index (χ0n) is 12.0. The van der Waals surface area contributed by atoms with Crippen LogP contribution in [0, 0.1) is 5.92 Å². The molecule has 19 heavy (non-hydrogen) atoms. The molecule has 1 aliphatic rings. The van der Waals surface area contributed by atoms with Crippen molar-refractivity contribution >= 4 is 12.0 Å². The molecule has 0 aromatic heterocycles. The smallest absolute Gasteiger partial charge is 0.326 e. The Kier molecular flexibility index (Phi) is 5.60. The number of carbonyl (C=O) groups is 2.